The average molecular weight is 719 g/mol. The Morgan fingerprint density at radius 3 is 1.38 bits per heavy atom. The van der Waals surface area contributed by atoms with Crippen LogP contribution < -0.4 is 0 Å². The molecule has 2 heterocycles. The standard InChI is InChI=1S/C52H34N2S/c1-4-17-35(18-5-1)41-23-10-11-25-43(41)38-31-39(44-28-16-29-46-45-26-14-15-30-50(45)55-51(44)46)33-40(32-38)49-34-48(37-21-8-3-9-22-37)53-52(54-49)47-27-13-12-24-42(47)36-19-6-2-7-20-36/h1-34H. The van der Waals surface area contributed by atoms with Gasteiger partial charge in [0.2, 0.25) is 0 Å². The zero-order chi connectivity index (χ0) is 36.6. The zero-order valence-electron chi connectivity index (χ0n) is 29.9. The maximum atomic E-state index is 5.42. The van der Waals surface area contributed by atoms with E-state index in [9.17, 15) is 0 Å². The number of hydrogen-bond donors (Lipinski definition) is 0. The van der Waals surface area contributed by atoms with Crippen LogP contribution in [-0.2, 0) is 0 Å². The number of hydrogen-bond acceptors (Lipinski definition) is 3. The second kappa shape index (κ2) is 14.1. The summed E-state index contributed by atoms with van der Waals surface area (Å²) in [6, 6.07) is 73.3. The lowest BCUT2D eigenvalue weighted by Gasteiger charge is -2.16. The Kier molecular flexibility index (Phi) is 8.40. The Labute approximate surface area is 324 Å². The van der Waals surface area contributed by atoms with E-state index < -0.39 is 0 Å². The molecule has 0 spiro atoms. The Balaban J connectivity index is 1.24. The van der Waals surface area contributed by atoms with Crippen LogP contribution in [-0.4, -0.2) is 9.97 Å². The fourth-order valence-corrected chi connectivity index (χ4v) is 8.92. The Hall–Kier alpha value is -6.94. The highest BCUT2D eigenvalue weighted by molar-refractivity contribution is 7.26. The van der Waals surface area contributed by atoms with Gasteiger partial charge in [0.15, 0.2) is 5.82 Å². The molecule has 10 aromatic rings. The van der Waals surface area contributed by atoms with Gasteiger partial charge < -0.3 is 0 Å². The molecule has 8 aromatic carbocycles. The first-order chi connectivity index (χ1) is 27.3. The highest BCUT2D eigenvalue weighted by atomic mass is 32.1. The molecule has 3 heteroatoms. The normalized spacial score (nSPS) is 11.3. The molecule has 0 aliphatic rings. The third-order valence-corrected chi connectivity index (χ3v) is 11.5. The van der Waals surface area contributed by atoms with Crippen molar-refractivity contribution in [3.8, 4) is 78.4 Å². The molecule has 2 nitrogen and oxygen atoms in total. The van der Waals surface area contributed by atoms with Crippen LogP contribution in [0.3, 0.4) is 0 Å². The van der Waals surface area contributed by atoms with E-state index in [1.165, 1.54) is 42.4 Å². The first-order valence-electron chi connectivity index (χ1n) is 18.6. The predicted molar refractivity (Wildman–Crippen MR) is 233 cm³/mol. The summed E-state index contributed by atoms with van der Waals surface area (Å²) in [5.74, 6) is 0.694. The molecule has 0 unspecified atom stereocenters. The molecule has 2 aromatic heterocycles. The van der Waals surface area contributed by atoms with Crippen molar-refractivity contribution in [1.29, 1.82) is 0 Å². The second-order valence-corrected chi connectivity index (χ2v) is 14.8. The lowest BCUT2D eigenvalue weighted by molar-refractivity contribution is 1.18. The number of thiophene rings is 1. The van der Waals surface area contributed by atoms with Gasteiger partial charge in [-0.2, -0.15) is 0 Å². The minimum absolute atomic E-state index is 0.694. The van der Waals surface area contributed by atoms with Crippen LogP contribution in [0.15, 0.2) is 206 Å². The van der Waals surface area contributed by atoms with E-state index in [0.29, 0.717) is 5.82 Å². The smallest absolute Gasteiger partial charge is 0.161 e. The summed E-state index contributed by atoms with van der Waals surface area (Å²) in [5, 5.41) is 2.57. The molecule has 0 fully saturated rings. The lowest BCUT2D eigenvalue weighted by Crippen LogP contribution is -1.98. The summed E-state index contributed by atoms with van der Waals surface area (Å²) in [4.78, 5) is 10.7. The second-order valence-electron chi connectivity index (χ2n) is 13.7. The van der Waals surface area contributed by atoms with E-state index in [1.54, 1.807) is 0 Å². The average Bonchev–Trinajstić information content (AvgIpc) is 3.66. The molecule has 10 rings (SSSR count). The molecule has 55 heavy (non-hydrogen) atoms. The van der Waals surface area contributed by atoms with E-state index in [1.807, 2.05) is 17.4 Å². The van der Waals surface area contributed by atoms with Gasteiger partial charge in [-0.05, 0) is 74.8 Å². The summed E-state index contributed by atoms with van der Waals surface area (Å²) < 4.78 is 2.58. The minimum atomic E-state index is 0.694. The Morgan fingerprint density at radius 2 is 0.727 bits per heavy atom. The Bertz CT molecular complexity index is 2970. The van der Waals surface area contributed by atoms with Gasteiger partial charge in [0, 0.05) is 36.9 Å². The fraction of sp³-hybridized carbons (Fsp3) is 0. The van der Waals surface area contributed by atoms with Gasteiger partial charge in [0.05, 0.1) is 11.4 Å². The number of benzene rings is 8. The predicted octanol–water partition coefficient (Wildman–Crippen LogP) is 14.5. The number of nitrogens with zero attached hydrogens (tertiary/aromatic N) is 2. The van der Waals surface area contributed by atoms with Crippen molar-refractivity contribution in [2.24, 2.45) is 0 Å². The van der Waals surface area contributed by atoms with Crippen molar-refractivity contribution in [1.82, 2.24) is 9.97 Å². The van der Waals surface area contributed by atoms with Crippen LogP contribution in [0, 0.1) is 0 Å². The third-order valence-electron chi connectivity index (χ3n) is 10.3. The van der Waals surface area contributed by atoms with Crippen molar-refractivity contribution >= 4 is 31.5 Å². The first-order valence-corrected chi connectivity index (χ1v) is 19.4. The summed E-state index contributed by atoms with van der Waals surface area (Å²) >= 11 is 1.86. The molecule has 0 saturated carbocycles. The topological polar surface area (TPSA) is 25.8 Å². The summed E-state index contributed by atoms with van der Waals surface area (Å²) in [6.07, 6.45) is 0. The largest absolute Gasteiger partial charge is 0.228 e. The van der Waals surface area contributed by atoms with Gasteiger partial charge in [0.25, 0.3) is 0 Å². The van der Waals surface area contributed by atoms with Crippen molar-refractivity contribution < 1.29 is 0 Å². The van der Waals surface area contributed by atoms with Crippen LogP contribution in [0.2, 0.25) is 0 Å². The molecular weight excluding hydrogens is 685 g/mol. The number of rotatable bonds is 7. The van der Waals surface area contributed by atoms with Crippen LogP contribution >= 0.6 is 11.3 Å². The zero-order valence-corrected chi connectivity index (χ0v) is 30.7. The Morgan fingerprint density at radius 1 is 0.291 bits per heavy atom. The lowest BCUT2D eigenvalue weighted by atomic mass is 9.90. The molecular formula is C52H34N2S. The van der Waals surface area contributed by atoms with Crippen molar-refractivity contribution in [2.75, 3.05) is 0 Å². The molecule has 0 radical (unpaired) electrons. The maximum absolute atomic E-state index is 5.42. The molecule has 0 N–H and O–H groups in total. The number of aromatic nitrogens is 2. The highest BCUT2D eigenvalue weighted by Crippen LogP contribution is 2.43. The van der Waals surface area contributed by atoms with Crippen molar-refractivity contribution in [3.05, 3.63) is 206 Å². The minimum Gasteiger partial charge on any atom is -0.228 e. The summed E-state index contributed by atoms with van der Waals surface area (Å²) in [5.41, 5.74) is 14.1. The van der Waals surface area contributed by atoms with Crippen molar-refractivity contribution in [3.63, 3.8) is 0 Å². The maximum Gasteiger partial charge on any atom is 0.161 e. The third kappa shape index (κ3) is 6.21. The van der Waals surface area contributed by atoms with Gasteiger partial charge in [-0.1, -0.05) is 176 Å². The first kappa shape index (κ1) is 32.7. The van der Waals surface area contributed by atoms with E-state index in [0.717, 1.165) is 50.3 Å². The van der Waals surface area contributed by atoms with Gasteiger partial charge in [-0.25, -0.2) is 9.97 Å². The molecule has 0 atom stereocenters. The highest BCUT2D eigenvalue weighted by Gasteiger charge is 2.18. The monoisotopic (exact) mass is 718 g/mol. The fourth-order valence-electron chi connectivity index (χ4n) is 7.69. The SMILES string of the molecule is c1ccc(-c2cc(-c3cc(-c4ccccc4-c4ccccc4)cc(-c4cccc5c4sc4ccccc45)c3)nc(-c3ccccc3-c3ccccc3)n2)cc1. The van der Waals surface area contributed by atoms with E-state index in [4.69, 9.17) is 9.97 Å². The number of fused-ring (bicyclic) bond motifs is 3. The van der Waals surface area contributed by atoms with Crippen LogP contribution in [0.1, 0.15) is 0 Å². The van der Waals surface area contributed by atoms with E-state index >= 15 is 0 Å². The van der Waals surface area contributed by atoms with Crippen LogP contribution in [0.4, 0.5) is 0 Å². The van der Waals surface area contributed by atoms with Gasteiger partial charge >= 0.3 is 0 Å². The van der Waals surface area contributed by atoms with Crippen LogP contribution in [0.5, 0.6) is 0 Å². The quantitative estimate of drug-likeness (QED) is 0.164. The van der Waals surface area contributed by atoms with E-state index in [-0.39, 0.29) is 0 Å². The van der Waals surface area contributed by atoms with Gasteiger partial charge in [-0.15, -0.1) is 11.3 Å². The molecule has 258 valence electrons. The molecule has 0 bridgehead atoms. The summed E-state index contributed by atoms with van der Waals surface area (Å²) in [6.45, 7) is 0. The molecule has 0 amide bonds. The van der Waals surface area contributed by atoms with Gasteiger partial charge in [0.1, 0.15) is 0 Å². The molecule has 0 aliphatic heterocycles. The molecule has 0 saturated heterocycles. The molecule has 0 aliphatic carbocycles. The van der Waals surface area contributed by atoms with Crippen LogP contribution in [0.25, 0.3) is 98.6 Å². The van der Waals surface area contributed by atoms with Crippen molar-refractivity contribution in [2.45, 2.75) is 0 Å². The summed E-state index contributed by atoms with van der Waals surface area (Å²) in [7, 11) is 0. The van der Waals surface area contributed by atoms with E-state index in [2.05, 4.69) is 200 Å². The van der Waals surface area contributed by atoms with Gasteiger partial charge in [-0.3, -0.25) is 0 Å².